The van der Waals surface area contributed by atoms with E-state index in [1.807, 2.05) is 75.4 Å². The molecular weight excluding hydrogens is 490 g/mol. The number of likely N-dealkylation sites (tertiary alicyclic amines) is 1. The number of anilines is 1. The number of aromatic nitrogens is 4. The minimum Gasteiger partial charge on any atom is -0.457 e. The van der Waals surface area contributed by atoms with Crippen LogP contribution in [0, 0.1) is 16.7 Å². The fourth-order valence-electron chi connectivity index (χ4n) is 4.89. The number of amides is 1. The van der Waals surface area contributed by atoms with E-state index in [1.165, 1.54) is 6.33 Å². The van der Waals surface area contributed by atoms with Gasteiger partial charge in [0.1, 0.15) is 41.0 Å². The number of allylic oxidation sites excluding steroid dienone is 1. The van der Waals surface area contributed by atoms with Gasteiger partial charge in [-0.15, -0.1) is 0 Å². The van der Waals surface area contributed by atoms with E-state index in [0.717, 1.165) is 24.2 Å². The van der Waals surface area contributed by atoms with Crippen LogP contribution in [0.25, 0.3) is 22.3 Å². The van der Waals surface area contributed by atoms with E-state index in [4.69, 9.17) is 15.6 Å². The third-order valence-corrected chi connectivity index (χ3v) is 6.62. The number of nitrogens with two attached hydrogens (primary N) is 1. The van der Waals surface area contributed by atoms with Crippen LogP contribution in [0.15, 0.2) is 72.6 Å². The summed E-state index contributed by atoms with van der Waals surface area (Å²) in [4.78, 5) is 23.8. The van der Waals surface area contributed by atoms with Crippen LogP contribution < -0.4 is 10.5 Å². The van der Waals surface area contributed by atoms with Gasteiger partial charge in [0, 0.05) is 12.1 Å². The monoisotopic (exact) mass is 521 g/mol. The normalized spacial score (nSPS) is 15.9. The Morgan fingerprint density at radius 2 is 1.85 bits per heavy atom. The number of nitrogen functional groups attached to an aromatic ring is 1. The molecule has 0 radical (unpaired) electrons. The summed E-state index contributed by atoms with van der Waals surface area (Å²) in [7, 11) is 0. The molecule has 9 nitrogen and oxygen atoms in total. The maximum absolute atomic E-state index is 13.3. The van der Waals surface area contributed by atoms with E-state index in [0.29, 0.717) is 41.4 Å². The van der Waals surface area contributed by atoms with Crippen LogP contribution in [0.2, 0.25) is 0 Å². The molecule has 4 aromatic rings. The van der Waals surface area contributed by atoms with Crippen molar-refractivity contribution in [2.45, 2.75) is 46.2 Å². The first kappa shape index (κ1) is 25.9. The van der Waals surface area contributed by atoms with Gasteiger partial charge in [-0.1, -0.05) is 45.0 Å². The molecule has 1 atom stereocenters. The van der Waals surface area contributed by atoms with Crippen LogP contribution in [0.5, 0.6) is 11.5 Å². The summed E-state index contributed by atoms with van der Waals surface area (Å²) in [6.07, 6.45) is 4.83. The molecule has 1 amide bonds. The summed E-state index contributed by atoms with van der Waals surface area (Å²) in [5.74, 6) is 1.56. The standard InChI is InChI=1S/C30H31N7O2/c1-30(2,3)16-21(17-31)29(38)36-15-7-8-22(36)18-37-28-25(27(32)33-19-34-28)26(35-37)20-11-13-24(14-12-20)39-23-9-5-4-6-10-23/h4-6,9-14,16,19,22H,7-8,15,18H2,1-3H3,(H2,32,33,34)/t22-/m1/s1. The fraction of sp³-hybridized carbons (Fsp3) is 0.300. The van der Waals surface area contributed by atoms with Gasteiger partial charge in [0.05, 0.1) is 18.0 Å². The van der Waals surface area contributed by atoms with Crippen LogP contribution in [0.4, 0.5) is 5.82 Å². The zero-order valence-electron chi connectivity index (χ0n) is 22.3. The van der Waals surface area contributed by atoms with Crippen molar-refractivity contribution in [1.29, 1.82) is 5.26 Å². The lowest BCUT2D eigenvalue weighted by Crippen LogP contribution is -2.39. The molecule has 198 valence electrons. The first-order valence-corrected chi connectivity index (χ1v) is 13.0. The van der Waals surface area contributed by atoms with Crippen molar-refractivity contribution in [1.82, 2.24) is 24.6 Å². The number of nitrogens with zero attached hydrogens (tertiary/aromatic N) is 6. The first-order chi connectivity index (χ1) is 18.7. The fourth-order valence-corrected chi connectivity index (χ4v) is 4.89. The highest BCUT2D eigenvalue weighted by atomic mass is 16.5. The molecule has 2 aromatic heterocycles. The molecule has 1 aliphatic rings. The van der Waals surface area contributed by atoms with Crippen LogP contribution >= 0.6 is 0 Å². The molecule has 2 N–H and O–H groups in total. The number of carbonyl (C=O) groups excluding carboxylic acids is 1. The van der Waals surface area contributed by atoms with Gasteiger partial charge in [-0.05, 0) is 54.7 Å². The van der Waals surface area contributed by atoms with Crippen LogP contribution in [-0.2, 0) is 11.3 Å². The highest BCUT2D eigenvalue weighted by Crippen LogP contribution is 2.33. The lowest BCUT2D eigenvalue weighted by molar-refractivity contribution is -0.127. The number of fused-ring (bicyclic) bond motifs is 1. The van der Waals surface area contributed by atoms with E-state index >= 15 is 0 Å². The highest BCUT2D eigenvalue weighted by molar-refractivity contribution is 5.99. The Morgan fingerprint density at radius 1 is 1.13 bits per heavy atom. The molecule has 9 heteroatoms. The molecule has 1 aliphatic heterocycles. The lowest BCUT2D eigenvalue weighted by Gasteiger charge is -2.25. The average Bonchev–Trinajstić information content (AvgIpc) is 3.53. The Kier molecular flexibility index (Phi) is 7.03. The Hall–Kier alpha value is -4.71. The molecule has 0 aliphatic carbocycles. The summed E-state index contributed by atoms with van der Waals surface area (Å²) in [5, 5.41) is 15.2. The molecule has 0 saturated carbocycles. The predicted molar refractivity (Wildman–Crippen MR) is 150 cm³/mol. The maximum Gasteiger partial charge on any atom is 0.264 e. The minimum absolute atomic E-state index is 0.122. The molecule has 1 saturated heterocycles. The summed E-state index contributed by atoms with van der Waals surface area (Å²) in [6, 6.07) is 19.2. The Labute approximate surface area is 227 Å². The van der Waals surface area contributed by atoms with Crippen LogP contribution in [-0.4, -0.2) is 43.1 Å². The van der Waals surface area contributed by atoms with E-state index in [9.17, 15) is 10.1 Å². The van der Waals surface area contributed by atoms with Crippen molar-refractivity contribution in [2.24, 2.45) is 5.41 Å². The molecule has 0 unspecified atom stereocenters. The highest BCUT2D eigenvalue weighted by Gasteiger charge is 2.32. The van der Waals surface area contributed by atoms with Crippen molar-refractivity contribution in [3.63, 3.8) is 0 Å². The quantitative estimate of drug-likeness (QED) is 0.268. The van der Waals surface area contributed by atoms with Gasteiger partial charge in [-0.2, -0.15) is 10.4 Å². The molecular formula is C30H31N7O2. The first-order valence-electron chi connectivity index (χ1n) is 13.0. The van der Waals surface area contributed by atoms with Crippen LogP contribution in [0.3, 0.4) is 0 Å². The Balaban J connectivity index is 1.44. The second-order valence-electron chi connectivity index (χ2n) is 10.8. The number of benzene rings is 2. The van der Waals surface area contributed by atoms with Gasteiger partial charge in [-0.25, -0.2) is 14.6 Å². The van der Waals surface area contributed by atoms with E-state index in [-0.39, 0.29) is 22.9 Å². The summed E-state index contributed by atoms with van der Waals surface area (Å²) < 4.78 is 7.73. The second kappa shape index (κ2) is 10.6. The smallest absolute Gasteiger partial charge is 0.264 e. The van der Waals surface area contributed by atoms with Crippen molar-refractivity contribution in [3.05, 3.63) is 72.6 Å². The number of hydrogen-bond donors (Lipinski definition) is 1. The average molecular weight is 522 g/mol. The van der Waals surface area contributed by atoms with Gasteiger partial charge < -0.3 is 15.4 Å². The summed E-state index contributed by atoms with van der Waals surface area (Å²) in [5.41, 5.74) is 8.31. The molecule has 2 aromatic carbocycles. The molecule has 0 bridgehead atoms. The molecule has 3 heterocycles. The zero-order chi connectivity index (χ0) is 27.6. The number of carbonyl (C=O) groups is 1. The van der Waals surface area contributed by atoms with Crippen molar-refractivity contribution in [3.8, 4) is 28.8 Å². The Bertz CT molecular complexity index is 1560. The number of hydrogen-bond acceptors (Lipinski definition) is 7. The van der Waals surface area contributed by atoms with Gasteiger partial charge in [0.25, 0.3) is 5.91 Å². The number of nitriles is 1. The molecule has 0 spiro atoms. The third-order valence-electron chi connectivity index (χ3n) is 6.62. The molecule has 39 heavy (non-hydrogen) atoms. The van der Waals surface area contributed by atoms with Crippen molar-refractivity contribution < 1.29 is 9.53 Å². The Morgan fingerprint density at radius 3 is 2.54 bits per heavy atom. The summed E-state index contributed by atoms with van der Waals surface area (Å²) in [6.45, 7) is 6.95. The zero-order valence-corrected chi connectivity index (χ0v) is 22.3. The predicted octanol–water partition coefficient (Wildman–Crippen LogP) is 5.35. The summed E-state index contributed by atoms with van der Waals surface area (Å²) >= 11 is 0. The maximum atomic E-state index is 13.3. The van der Waals surface area contributed by atoms with Crippen molar-refractivity contribution in [2.75, 3.05) is 12.3 Å². The second-order valence-corrected chi connectivity index (χ2v) is 10.8. The van der Waals surface area contributed by atoms with Crippen molar-refractivity contribution >= 4 is 22.8 Å². The lowest BCUT2D eigenvalue weighted by atomic mass is 9.93. The minimum atomic E-state index is -0.279. The largest absolute Gasteiger partial charge is 0.457 e. The number of rotatable bonds is 6. The van der Waals surface area contributed by atoms with E-state index < -0.39 is 0 Å². The number of para-hydroxylation sites is 1. The van der Waals surface area contributed by atoms with Gasteiger partial charge >= 0.3 is 0 Å². The van der Waals surface area contributed by atoms with Gasteiger partial charge in [0.15, 0.2) is 5.65 Å². The molecule has 1 fully saturated rings. The van der Waals surface area contributed by atoms with Gasteiger partial charge in [0.2, 0.25) is 0 Å². The SMILES string of the molecule is CC(C)(C)C=C(C#N)C(=O)N1CCC[C@@H]1Cn1nc(-c2ccc(Oc3ccccc3)cc2)c2c(N)ncnc21. The molecule has 5 rings (SSSR count). The number of ether oxygens (including phenoxy) is 1. The van der Waals surface area contributed by atoms with Gasteiger partial charge in [-0.3, -0.25) is 4.79 Å². The third kappa shape index (κ3) is 5.60. The van der Waals surface area contributed by atoms with Crippen LogP contribution in [0.1, 0.15) is 33.6 Å². The van der Waals surface area contributed by atoms with E-state index in [2.05, 4.69) is 16.0 Å². The van der Waals surface area contributed by atoms with E-state index in [1.54, 1.807) is 15.7 Å². The topological polar surface area (TPSA) is 123 Å².